The molecule has 0 atom stereocenters. The molecule has 2 amide bonds. The highest BCUT2D eigenvalue weighted by Gasteiger charge is 2.43. The van der Waals surface area contributed by atoms with Crippen LogP contribution in [0.5, 0.6) is 5.75 Å². The minimum Gasteiger partial charge on any atom is -0.497 e. The van der Waals surface area contributed by atoms with Crippen LogP contribution in [0.2, 0.25) is 0 Å². The Bertz CT molecular complexity index is 1230. The molecule has 0 unspecified atom stereocenters. The van der Waals surface area contributed by atoms with E-state index in [9.17, 15) is 9.59 Å². The molecule has 0 saturated carbocycles. The fourth-order valence-corrected chi connectivity index (χ4v) is 4.46. The summed E-state index contributed by atoms with van der Waals surface area (Å²) >= 11 is 0. The number of piperazine rings is 1. The van der Waals surface area contributed by atoms with E-state index in [4.69, 9.17) is 4.74 Å². The van der Waals surface area contributed by atoms with Crippen LogP contribution >= 0.6 is 0 Å². The first-order valence-corrected chi connectivity index (χ1v) is 11.3. The van der Waals surface area contributed by atoms with E-state index in [1.54, 1.807) is 37.6 Å². The van der Waals surface area contributed by atoms with Crippen LogP contribution in [0.1, 0.15) is 11.1 Å². The molecular formula is C27H26N4O3. The summed E-state index contributed by atoms with van der Waals surface area (Å²) < 4.78 is 5.23. The summed E-state index contributed by atoms with van der Waals surface area (Å²) in [7, 11) is 1.58. The quantitative estimate of drug-likeness (QED) is 0.550. The number of nitrogens with zero attached hydrogens (tertiary/aromatic N) is 4. The van der Waals surface area contributed by atoms with Crippen molar-refractivity contribution in [2.75, 3.05) is 43.1 Å². The van der Waals surface area contributed by atoms with Crippen molar-refractivity contribution in [2.45, 2.75) is 6.92 Å². The van der Waals surface area contributed by atoms with Crippen LogP contribution in [-0.2, 0) is 9.59 Å². The van der Waals surface area contributed by atoms with Gasteiger partial charge in [-0.2, -0.15) is 0 Å². The average molecular weight is 455 g/mol. The van der Waals surface area contributed by atoms with Crippen LogP contribution in [0.4, 0.5) is 11.5 Å². The zero-order chi connectivity index (χ0) is 23.7. The van der Waals surface area contributed by atoms with E-state index in [1.165, 1.54) is 4.90 Å². The number of aryl methyl sites for hydroxylation is 1. The number of methoxy groups -OCH3 is 1. The lowest BCUT2D eigenvalue weighted by atomic mass is 10.0. The molecule has 3 aromatic rings. The number of hydrogen-bond donors (Lipinski definition) is 0. The van der Waals surface area contributed by atoms with Crippen LogP contribution in [0.15, 0.2) is 78.6 Å². The third-order valence-electron chi connectivity index (χ3n) is 6.30. The lowest BCUT2D eigenvalue weighted by Crippen LogP contribution is -2.48. The van der Waals surface area contributed by atoms with Gasteiger partial charge in [-0.05, 0) is 48.9 Å². The fourth-order valence-electron chi connectivity index (χ4n) is 4.46. The van der Waals surface area contributed by atoms with Gasteiger partial charge >= 0.3 is 0 Å². The van der Waals surface area contributed by atoms with Crippen molar-refractivity contribution in [2.24, 2.45) is 0 Å². The maximum absolute atomic E-state index is 13.7. The standard InChI is InChI=1S/C27H26N4O3/c1-19-6-8-20(9-7-19)24-25(30-17-15-29(16-18-30)23-5-3-4-14-28-23)27(33)31(26(24)32)21-10-12-22(34-2)13-11-21/h3-14H,15-18H2,1-2H3. The summed E-state index contributed by atoms with van der Waals surface area (Å²) in [6.45, 7) is 4.67. The molecule has 0 N–H and O–H groups in total. The Morgan fingerprint density at radius 2 is 1.47 bits per heavy atom. The van der Waals surface area contributed by atoms with Gasteiger partial charge in [-0.25, -0.2) is 9.88 Å². The van der Waals surface area contributed by atoms with Crippen molar-refractivity contribution in [3.8, 4) is 5.75 Å². The molecule has 34 heavy (non-hydrogen) atoms. The first-order chi connectivity index (χ1) is 16.6. The highest BCUT2D eigenvalue weighted by Crippen LogP contribution is 2.36. The number of pyridine rings is 1. The van der Waals surface area contributed by atoms with E-state index in [-0.39, 0.29) is 11.8 Å². The smallest absolute Gasteiger partial charge is 0.282 e. The second-order valence-electron chi connectivity index (χ2n) is 8.40. The van der Waals surface area contributed by atoms with E-state index in [1.807, 2.05) is 54.3 Å². The second-order valence-corrected chi connectivity index (χ2v) is 8.40. The predicted octanol–water partition coefficient (Wildman–Crippen LogP) is 3.51. The molecule has 1 fully saturated rings. The van der Waals surface area contributed by atoms with Crippen LogP contribution in [0.25, 0.3) is 5.57 Å². The molecule has 0 radical (unpaired) electrons. The van der Waals surface area contributed by atoms with Gasteiger partial charge in [-0.1, -0.05) is 35.9 Å². The summed E-state index contributed by atoms with van der Waals surface area (Å²) in [4.78, 5) is 37.3. The average Bonchev–Trinajstić information content (AvgIpc) is 3.15. The molecule has 5 rings (SSSR count). The molecule has 7 nitrogen and oxygen atoms in total. The van der Waals surface area contributed by atoms with Crippen LogP contribution in [-0.4, -0.2) is 55.0 Å². The maximum atomic E-state index is 13.7. The third-order valence-corrected chi connectivity index (χ3v) is 6.30. The second kappa shape index (κ2) is 9.02. The number of benzene rings is 2. The molecular weight excluding hydrogens is 428 g/mol. The van der Waals surface area contributed by atoms with Crippen molar-refractivity contribution >= 4 is 28.9 Å². The van der Waals surface area contributed by atoms with Gasteiger partial charge in [-0.15, -0.1) is 0 Å². The van der Waals surface area contributed by atoms with Gasteiger partial charge < -0.3 is 14.5 Å². The number of imide groups is 1. The van der Waals surface area contributed by atoms with Gasteiger partial charge in [0.05, 0.1) is 18.4 Å². The van der Waals surface area contributed by atoms with E-state index < -0.39 is 0 Å². The molecule has 0 aliphatic carbocycles. The molecule has 2 aliphatic rings. The molecule has 2 aliphatic heterocycles. The number of aromatic nitrogens is 1. The number of anilines is 2. The predicted molar refractivity (Wildman–Crippen MR) is 132 cm³/mol. The third kappa shape index (κ3) is 3.90. The molecule has 1 saturated heterocycles. The largest absolute Gasteiger partial charge is 0.497 e. The van der Waals surface area contributed by atoms with Gasteiger partial charge in [-0.3, -0.25) is 9.59 Å². The van der Waals surface area contributed by atoms with Crippen molar-refractivity contribution in [1.29, 1.82) is 0 Å². The summed E-state index contributed by atoms with van der Waals surface area (Å²) in [6.07, 6.45) is 1.78. The molecule has 172 valence electrons. The minimum absolute atomic E-state index is 0.294. The van der Waals surface area contributed by atoms with E-state index in [0.29, 0.717) is 48.9 Å². The Morgan fingerprint density at radius 1 is 0.794 bits per heavy atom. The lowest BCUT2D eigenvalue weighted by Gasteiger charge is -2.37. The van der Waals surface area contributed by atoms with Gasteiger partial charge in [0.15, 0.2) is 0 Å². The monoisotopic (exact) mass is 454 g/mol. The summed E-state index contributed by atoms with van der Waals surface area (Å²) in [5.41, 5.74) is 3.29. The zero-order valence-corrected chi connectivity index (χ0v) is 19.3. The van der Waals surface area contributed by atoms with Gasteiger partial charge in [0.25, 0.3) is 11.8 Å². The summed E-state index contributed by atoms with van der Waals surface area (Å²) in [6, 6.07) is 20.6. The minimum atomic E-state index is -0.304. The van der Waals surface area contributed by atoms with Gasteiger partial charge in [0.1, 0.15) is 17.3 Å². The molecule has 7 heteroatoms. The van der Waals surface area contributed by atoms with Crippen molar-refractivity contribution < 1.29 is 14.3 Å². The SMILES string of the molecule is COc1ccc(N2C(=O)C(c3ccc(C)cc3)=C(N3CCN(c4ccccn4)CC3)C2=O)cc1. The number of carbonyl (C=O) groups is 2. The van der Waals surface area contributed by atoms with Crippen molar-refractivity contribution in [1.82, 2.24) is 9.88 Å². The first kappa shape index (κ1) is 21.7. The van der Waals surface area contributed by atoms with Crippen molar-refractivity contribution in [3.63, 3.8) is 0 Å². The Labute approximate surface area is 198 Å². The number of hydrogen-bond acceptors (Lipinski definition) is 6. The zero-order valence-electron chi connectivity index (χ0n) is 19.3. The molecule has 3 heterocycles. The van der Waals surface area contributed by atoms with Gasteiger partial charge in [0, 0.05) is 32.4 Å². The molecule has 2 aromatic carbocycles. The number of ether oxygens (including phenoxy) is 1. The van der Waals surface area contributed by atoms with Gasteiger partial charge in [0.2, 0.25) is 0 Å². The van der Waals surface area contributed by atoms with Crippen LogP contribution in [0.3, 0.4) is 0 Å². The summed E-state index contributed by atoms with van der Waals surface area (Å²) in [5.74, 6) is 0.988. The highest BCUT2D eigenvalue weighted by molar-refractivity contribution is 6.45. The summed E-state index contributed by atoms with van der Waals surface area (Å²) in [5, 5.41) is 0. The number of rotatable bonds is 5. The first-order valence-electron chi connectivity index (χ1n) is 11.3. The Morgan fingerprint density at radius 3 is 2.09 bits per heavy atom. The highest BCUT2D eigenvalue weighted by atomic mass is 16.5. The van der Waals surface area contributed by atoms with E-state index >= 15 is 0 Å². The maximum Gasteiger partial charge on any atom is 0.282 e. The van der Waals surface area contributed by atoms with Crippen LogP contribution < -0.4 is 14.5 Å². The van der Waals surface area contributed by atoms with Crippen molar-refractivity contribution in [3.05, 3.63) is 89.8 Å². The molecule has 0 spiro atoms. The topological polar surface area (TPSA) is 66.0 Å². The Hall–Kier alpha value is -4.13. The van der Waals surface area contributed by atoms with E-state index in [0.717, 1.165) is 16.9 Å². The number of carbonyl (C=O) groups excluding carboxylic acids is 2. The van der Waals surface area contributed by atoms with E-state index in [2.05, 4.69) is 9.88 Å². The van der Waals surface area contributed by atoms with Crippen LogP contribution in [0, 0.1) is 6.92 Å². The normalized spacial score (nSPS) is 16.5. The molecule has 0 bridgehead atoms. The Balaban J connectivity index is 1.49. The fraction of sp³-hybridized carbons (Fsp3) is 0.222. The Kier molecular flexibility index (Phi) is 5.76. The molecule has 1 aromatic heterocycles. The lowest BCUT2D eigenvalue weighted by molar-refractivity contribution is -0.120. The number of amides is 2.